The maximum absolute atomic E-state index is 14.0. The highest BCUT2D eigenvalue weighted by Gasteiger charge is 2.44. The van der Waals surface area contributed by atoms with Crippen molar-refractivity contribution in [2.45, 2.75) is 25.8 Å². The minimum atomic E-state index is -0.834. The number of nitrogens with zero attached hydrogens (tertiary/aromatic N) is 3. The number of halogens is 1. The molecule has 2 aromatic rings. The molecule has 1 aliphatic rings. The van der Waals surface area contributed by atoms with Gasteiger partial charge in [-0.3, -0.25) is 14.6 Å². The molecule has 7 nitrogen and oxygen atoms in total. The lowest BCUT2D eigenvalue weighted by Gasteiger charge is -2.42. The van der Waals surface area contributed by atoms with E-state index < -0.39 is 23.7 Å². The average Bonchev–Trinajstić information content (AvgIpc) is 2.78. The number of carbonyl (C=O) groups excluding carboxylic acids is 2. The van der Waals surface area contributed by atoms with Crippen LogP contribution in [-0.2, 0) is 4.79 Å². The van der Waals surface area contributed by atoms with Crippen molar-refractivity contribution in [3.63, 3.8) is 0 Å². The fourth-order valence-electron chi connectivity index (χ4n) is 4.15. The molecule has 2 amide bonds. The number of fused-ring (bicyclic) bond motifs is 1. The lowest BCUT2D eigenvalue weighted by Crippen LogP contribution is -2.53. The SMILES string of the molecule is CN=CC(=CN)[C@@H]1[C@@H](C(=O)Nc2cc(F)cc(C#N)c2)c2ccccc2C(=O)N1CC(C)C. The van der Waals surface area contributed by atoms with E-state index in [9.17, 15) is 14.0 Å². The molecule has 1 heterocycles. The van der Waals surface area contributed by atoms with Gasteiger partial charge in [0.2, 0.25) is 5.91 Å². The summed E-state index contributed by atoms with van der Waals surface area (Å²) in [6, 6.07) is 11.7. The number of rotatable bonds is 6. The lowest BCUT2D eigenvalue weighted by molar-refractivity contribution is -0.118. The van der Waals surface area contributed by atoms with Crippen LogP contribution in [0.5, 0.6) is 0 Å². The third-order valence-electron chi connectivity index (χ3n) is 5.39. The van der Waals surface area contributed by atoms with Crippen molar-refractivity contribution in [2.75, 3.05) is 18.9 Å². The Morgan fingerprint density at radius 3 is 2.70 bits per heavy atom. The van der Waals surface area contributed by atoms with Gasteiger partial charge in [0, 0.05) is 42.8 Å². The fraction of sp³-hybridized carbons (Fsp3) is 0.280. The molecular formula is C25H26FN5O2. The number of carbonyl (C=O) groups is 2. The summed E-state index contributed by atoms with van der Waals surface area (Å²) < 4.78 is 14.0. The van der Waals surface area contributed by atoms with Crippen LogP contribution in [-0.4, -0.2) is 42.6 Å². The molecule has 0 unspecified atom stereocenters. The van der Waals surface area contributed by atoms with Crippen LogP contribution in [0.4, 0.5) is 10.1 Å². The second kappa shape index (κ2) is 10.1. The zero-order valence-corrected chi connectivity index (χ0v) is 18.7. The Labute approximate surface area is 192 Å². The van der Waals surface area contributed by atoms with Crippen molar-refractivity contribution >= 4 is 23.7 Å². The minimum Gasteiger partial charge on any atom is -0.404 e. The molecule has 1 aliphatic heterocycles. The summed E-state index contributed by atoms with van der Waals surface area (Å²) in [7, 11) is 1.58. The van der Waals surface area contributed by atoms with Crippen LogP contribution in [0.15, 0.2) is 59.2 Å². The van der Waals surface area contributed by atoms with Crippen molar-refractivity contribution < 1.29 is 14.0 Å². The number of hydrogen-bond donors (Lipinski definition) is 2. The highest BCUT2D eigenvalue weighted by Crippen LogP contribution is 2.37. The molecular weight excluding hydrogens is 421 g/mol. The second-order valence-electron chi connectivity index (χ2n) is 8.24. The van der Waals surface area contributed by atoms with Gasteiger partial charge in [-0.05, 0) is 35.7 Å². The normalized spacial score (nSPS) is 18.4. The molecule has 0 aliphatic carbocycles. The van der Waals surface area contributed by atoms with Crippen LogP contribution < -0.4 is 11.1 Å². The summed E-state index contributed by atoms with van der Waals surface area (Å²) >= 11 is 0. The summed E-state index contributed by atoms with van der Waals surface area (Å²) in [6.45, 7) is 4.36. The van der Waals surface area contributed by atoms with Gasteiger partial charge in [-0.15, -0.1) is 0 Å². The summed E-state index contributed by atoms with van der Waals surface area (Å²) in [5.74, 6) is -1.99. The molecule has 0 saturated heterocycles. The van der Waals surface area contributed by atoms with Gasteiger partial charge in [0.25, 0.3) is 5.91 Å². The molecule has 0 radical (unpaired) electrons. The number of benzene rings is 2. The molecule has 0 aromatic heterocycles. The van der Waals surface area contributed by atoms with Crippen LogP contribution in [0.3, 0.4) is 0 Å². The summed E-state index contributed by atoms with van der Waals surface area (Å²) in [5.41, 5.74) is 7.64. The Balaban J connectivity index is 2.16. The maximum atomic E-state index is 14.0. The van der Waals surface area contributed by atoms with Gasteiger partial charge < -0.3 is 16.0 Å². The van der Waals surface area contributed by atoms with Crippen LogP contribution in [0.1, 0.15) is 41.3 Å². The van der Waals surface area contributed by atoms with E-state index in [2.05, 4.69) is 10.3 Å². The van der Waals surface area contributed by atoms with Crippen molar-refractivity contribution in [1.82, 2.24) is 4.90 Å². The van der Waals surface area contributed by atoms with E-state index in [0.717, 1.165) is 12.1 Å². The van der Waals surface area contributed by atoms with E-state index in [1.165, 1.54) is 18.5 Å². The van der Waals surface area contributed by atoms with Gasteiger partial charge in [-0.1, -0.05) is 32.0 Å². The fourth-order valence-corrected chi connectivity index (χ4v) is 4.15. The van der Waals surface area contributed by atoms with E-state index >= 15 is 0 Å². The maximum Gasteiger partial charge on any atom is 0.254 e. The molecule has 2 aromatic carbocycles. The molecule has 0 spiro atoms. The van der Waals surface area contributed by atoms with Gasteiger partial charge in [0.15, 0.2) is 0 Å². The molecule has 3 N–H and O–H groups in total. The first kappa shape index (κ1) is 23.7. The Hall–Kier alpha value is -3.99. The molecule has 0 saturated carbocycles. The molecule has 2 atom stereocenters. The lowest BCUT2D eigenvalue weighted by atomic mass is 9.78. The first-order valence-corrected chi connectivity index (χ1v) is 10.6. The Morgan fingerprint density at radius 2 is 2.06 bits per heavy atom. The van der Waals surface area contributed by atoms with Crippen LogP contribution in [0.2, 0.25) is 0 Å². The van der Waals surface area contributed by atoms with Crippen LogP contribution >= 0.6 is 0 Å². The van der Waals surface area contributed by atoms with Crippen molar-refractivity contribution in [3.8, 4) is 6.07 Å². The molecule has 0 fully saturated rings. The van der Waals surface area contributed by atoms with Crippen LogP contribution in [0.25, 0.3) is 0 Å². The minimum absolute atomic E-state index is 0.0863. The molecule has 33 heavy (non-hydrogen) atoms. The van der Waals surface area contributed by atoms with Gasteiger partial charge in [0.1, 0.15) is 5.82 Å². The first-order chi connectivity index (χ1) is 15.8. The number of aliphatic imine (C=N–C) groups is 1. The average molecular weight is 448 g/mol. The van der Waals surface area contributed by atoms with Gasteiger partial charge in [0.05, 0.1) is 23.6 Å². The number of anilines is 1. The van der Waals surface area contributed by atoms with Crippen LogP contribution in [0, 0.1) is 23.1 Å². The third kappa shape index (κ3) is 4.93. The van der Waals surface area contributed by atoms with E-state index in [-0.39, 0.29) is 23.1 Å². The zero-order chi connectivity index (χ0) is 24.1. The van der Waals surface area contributed by atoms with Crippen molar-refractivity contribution in [2.24, 2.45) is 16.6 Å². The van der Waals surface area contributed by atoms with Crippen molar-refractivity contribution in [1.29, 1.82) is 5.26 Å². The predicted octanol–water partition coefficient (Wildman–Crippen LogP) is 3.44. The molecule has 170 valence electrons. The Bertz CT molecular complexity index is 1170. The number of nitriles is 1. The number of hydrogen-bond acceptors (Lipinski definition) is 5. The highest BCUT2D eigenvalue weighted by molar-refractivity contribution is 6.06. The van der Waals surface area contributed by atoms with E-state index in [1.807, 2.05) is 19.9 Å². The number of amides is 2. The zero-order valence-electron chi connectivity index (χ0n) is 18.7. The Morgan fingerprint density at radius 1 is 1.33 bits per heavy atom. The van der Waals surface area contributed by atoms with E-state index in [4.69, 9.17) is 11.0 Å². The highest BCUT2D eigenvalue weighted by atomic mass is 19.1. The first-order valence-electron chi connectivity index (χ1n) is 10.6. The van der Waals surface area contributed by atoms with E-state index in [0.29, 0.717) is 23.2 Å². The summed E-state index contributed by atoms with van der Waals surface area (Å²) in [5, 5.41) is 11.9. The van der Waals surface area contributed by atoms with Gasteiger partial charge >= 0.3 is 0 Å². The standard InChI is InChI=1S/C25H26FN5O2/c1-15(2)14-31-23(17(12-28)13-29-3)22(20-6-4-5-7-21(20)25(31)33)24(32)30-19-9-16(11-27)8-18(26)10-19/h4-10,12-13,15,22-23H,14,28H2,1-3H3,(H,30,32)/t22-,23+/m0/s1. The predicted molar refractivity (Wildman–Crippen MR) is 125 cm³/mol. The monoisotopic (exact) mass is 447 g/mol. The van der Waals surface area contributed by atoms with E-state index in [1.54, 1.807) is 36.2 Å². The Kier molecular flexibility index (Phi) is 7.23. The quantitative estimate of drug-likeness (QED) is 0.661. The molecule has 8 heteroatoms. The molecule has 3 rings (SSSR count). The van der Waals surface area contributed by atoms with Gasteiger partial charge in [-0.2, -0.15) is 5.26 Å². The van der Waals surface area contributed by atoms with Crippen molar-refractivity contribution in [3.05, 3.63) is 76.7 Å². The third-order valence-corrected chi connectivity index (χ3v) is 5.39. The van der Waals surface area contributed by atoms with Gasteiger partial charge in [-0.25, -0.2) is 4.39 Å². The second-order valence-corrected chi connectivity index (χ2v) is 8.24. The smallest absolute Gasteiger partial charge is 0.254 e. The number of nitrogens with two attached hydrogens (primary N) is 1. The molecule has 0 bridgehead atoms. The summed E-state index contributed by atoms with van der Waals surface area (Å²) in [4.78, 5) is 32.8. The largest absolute Gasteiger partial charge is 0.404 e. The number of nitrogens with one attached hydrogen (secondary N) is 1. The summed E-state index contributed by atoms with van der Waals surface area (Å²) in [6.07, 6.45) is 2.89. The topological polar surface area (TPSA) is 112 Å².